The number of rotatable bonds is 4. The average Bonchev–Trinajstić information content (AvgIpc) is 2.81. The number of carbonyl (C=O) groups is 1. The van der Waals surface area contributed by atoms with E-state index in [1.54, 1.807) is 24.3 Å². The number of nitrogens with zero attached hydrogens (tertiary/aromatic N) is 1. The molecule has 2 atom stereocenters. The fourth-order valence-electron chi connectivity index (χ4n) is 3.33. The Bertz CT molecular complexity index is 758. The molecule has 2 aliphatic rings. The van der Waals surface area contributed by atoms with Crippen LogP contribution in [-0.4, -0.2) is 32.7 Å². The molecule has 0 aromatic heterocycles. The lowest BCUT2D eigenvalue weighted by molar-refractivity contribution is -0.122. The smallest absolute Gasteiger partial charge is 0.263 e. The molecule has 0 spiro atoms. The van der Waals surface area contributed by atoms with Gasteiger partial charge in [0.05, 0.1) is 11.4 Å². The number of hydrogen-bond acceptors (Lipinski definition) is 4. The van der Waals surface area contributed by atoms with E-state index in [0.29, 0.717) is 17.3 Å². The van der Waals surface area contributed by atoms with Gasteiger partial charge in [0.15, 0.2) is 0 Å². The molecule has 1 aromatic carbocycles. The largest absolute Gasteiger partial charge is 0.353 e. The van der Waals surface area contributed by atoms with Gasteiger partial charge in [-0.2, -0.15) is 0 Å². The van der Waals surface area contributed by atoms with Gasteiger partial charge in [0, 0.05) is 18.0 Å². The van der Waals surface area contributed by atoms with Crippen LogP contribution in [0.1, 0.15) is 44.6 Å². The topological polar surface area (TPSA) is 87.6 Å². The monoisotopic (exact) mass is 349 g/mol. The number of aliphatic imine (C=N–C) groups is 1. The molecule has 3 rings (SSSR count). The highest BCUT2D eigenvalue weighted by atomic mass is 32.2. The second-order valence-corrected chi connectivity index (χ2v) is 8.17. The standard InChI is InChI=1S/C17H23N3O3S/c1-12-6-2-4-8-14(12)19-16(21)10-11-18-17-13-7-3-5-9-15(13)24(22,23)20-17/h3,5,7,9,12,14H,2,4,6,8,10-11H2,1H3,(H,18,20)(H,19,21). The van der Waals surface area contributed by atoms with Crippen LogP contribution in [-0.2, 0) is 14.8 Å². The highest BCUT2D eigenvalue weighted by Crippen LogP contribution is 2.24. The molecular formula is C17H23N3O3S. The van der Waals surface area contributed by atoms with Gasteiger partial charge in [-0.05, 0) is 30.9 Å². The third kappa shape index (κ3) is 3.61. The molecule has 24 heavy (non-hydrogen) atoms. The molecule has 130 valence electrons. The van der Waals surface area contributed by atoms with Crippen LogP contribution in [0.5, 0.6) is 0 Å². The predicted molar refractivity (Wildman–Crippen MR) is 92.3 cm³/mol. The molecule has 1 fully saturated rings. The number of carbonyl (C=O) groups excluding carboxylic acids is 1. The molecule has 0 radical (unpaired) electrons. The van der Waals surface area contributed by atoms with E-state index in [-0.39, 0.29) is 29.8 Å². The quantitative estimate of drug-likeness (QED) is 0.869. The van der Waals surface area contributed by atoms with Crippen LogP contribution < -0.4 is 10.0 Å². The van der Waals surface area contributed by atoms with E-state index in [1.807, 2.05) is 0 Å². The van der Waals surface area contributed by atoms with E-state index in [0.717, 1.165) is 19.3 Å². The summed E-state index contributed by atoms with van der Waals surface area (Å²) in [6.45, 7) is 2.44. The Kier molecular flexibility index (Phi) is 4.89. The third-order valence-corrected chi connectivity index (χ3v) is 6.13. The van der Waals surface area contributed by atoms with Crippen molar-refractivity contribution in [2.45, 2.75) is 50.0 Å². The van der Waals surface area contributed by atoms with E-state index in [1.165, 1.54) is 6.42 Å². The average molecular weight is 349 g/mol. The van der Waals surface area contributed by atoms with E-state index in [9.17, 15) is 13.2 Å². The zero-order chi connectivity index (χ0) is 17.2. The number of fused-ring (bicyclic) bond motifs is 1. The van der Waals surface area contributed by atoms with E-state index in [4.69, 9.17) is 0 Å². The first-order valence-corrected chi connectivity index (χ1v) is 9.92. The Morgan fingerprint density at radius 3 is 2.83 bits per heavy atom. The minimum absolute atomic E-state index is 0.0211. The molecule has 1 heterocycles. The van der Waals surface area contributed by atoms with Gasteiger partial charge in [-0.3, -0.25) is 14.5 Å². The lowest BCUT2D eigenvalue weighted by Gasteiger charge is -2.29. The van der Waals surface area contributed by atoms with E-state index < -0.39 is 10.0 Å². The zero-order valence-electron chi connectivity index (χ0n) is 13.8. The number of amidine groups is 1. The maximum atomic E-state index is 12.1. The lowest BCUT2D eigenvalue weighted by Crippen LogP contribution is -2.41. The molecule has 7 heteroatoms. The van der Waals surface area contributed by atoms with Crippen LogP contribution in [0.15, 0.2) is 34.2 Å². The molecule has 1 aromatic rings. The van der Waals surface area contributed by atoms with Crippen molar-refractivity contribution in [1.29, 1.82) is 0 Å². The molecule has 1 aliphatic heterocycles. The summed E-state index contributed by atoms with van der Waals surface area (Å²) in [4.78, 5) is 16.6. The normalized spacial score (nSPS) is 26.6. The molecule has 1 aliphatic carbocycles. The lowest BCUT2D eigenvalue weighted by atomic mass is 9.86. The second-order valence-electron chi connectivity index (χ2n) is 6.52. The Hall–Kier alpha value is -1.89. The highest BCUT2D eigenvalue weighted by molar-refractivity contribution is 7.90. The SMILES string of the molecule is CC1CCCCC1NC(=O)CCN=C1NS(=O)(=O)c2ccccc21. The van der Waals surface area contributed by atoms with Crippen LogP contribution in [0, 0.1) is 5.92 Å². The fraction of sp³-hybridized carbons (Fsp3) is 0.529. The van der Waals surface area contributed by atoms with Crippen LogP contribution >= 0.6 is 0 Å². The Balaban J connectivity index is 1.58. The summed E-state index contributed by atoms with van der Waals surface area (Å²) in [6, 6.07) is 6.98. The summed E-state index contributed by atoms with van der Waals surface area (Å²) in [7, 11) is -3.52. The van der Waals surface area contributed by atoms with Crippen LogP contribution in [0.4, 0.5) is 0 Å². The van der Waals surface area contributed by atoms with Gasteiger partial charge in [-0.15, -0.1) is 0 Å². The van der Waals surface area contributed by atoms with Gasteiger partial charge < -0.3 is 5.32 Å². The van der Waals surface area contributed by atoms with Gasteiger partial charge in [0.1, 0.15) is 5.84 Å². The molecule has 2 unspecified atom stereocenters. The Morgan fingerprint density at radius 1 is 1.29 bits per heavy atom. The van der Waals surface area contributed by atoms with Gasteiger partial charge in [0.25, 0.3) is 10.0 Å². The van der Waals surface area contributed by atoms with Crippen molar-refractivity contribution in [1.82, 2.24) is 10.0 Å². The van der Waals surface area contributed by atoms with Crippen molar-refractivity contribution in [2.75, 3.05) is 6.54 Å². The molecule has 1 amide bonds. The van der Waals surface area contributed by atoms with Crippen molar-refractivity contribution in [3.05, 3.63) is 29.8 Å². The minimum Gasteiger partial charge on any atom is -0.353 e. The van der Waals surface area contributed by atoms with Crippen molar-refractivity contribution in [3.63, 3.8) is 0 Å². The first-order chi connectivity index (χ1) is 11.5. The van der Waals surface area contributed by atoms with Gasteiger partial charge in [0.2, 0.25) is 5.91 Å². The third-order valence-electron chi connectivity index (χ3n) is 4.73. The van der Waals surface area contributed by atoms with Crippen LogP contribution in [0.25, 0.3) is 0 Å². The Labute approximate surface area is 142 Å². The Morgan fingerprint density at radius 2 is 2.04 bits per heavy atom. The maximum Gasteiger partial charge on any atom is 0.263 e. The molecular weight excluding hydrogens is 326 g/mol. The molecule has 2 N–H and O–H groups in total. The van der Waals surface area contributed by atoms with Crippen LogP contribution in [0.3, 0.4) is 0 Å². The van der Waals surface area contributed by atoms with E-state index in [2.05, 4.69) is 22.0 Å². The van der Waals surface area contributed by atoms with Gasteiger partial charge in [-0.1, -0.05) is 31.9 Å². The highest BCUT2D eigenvalue weighted by Gasteiger charge is 2.30. The number of sulfonamides is 1. The van der Waals surface area contributed by atoms with Gasteiger partial charge >= 0.3 is 0 Å². The first-order valence-electron chi connectivity index (χ1n) is 8.43. The summed E-state index contributed by atoms with van der Waals surface area (Å²) >= 11 is 0. The van der Waals surface area contributed by atoms with Crippen molar-refractivity contribution in [3.8, 4) is 0 Å². The zero-order valence-corrected chi connectivity index (χ0v) is 14.6. The maximum absolute atomic E-state index is 12.1. The second kappa shape index (κ2) is 6.93. The summed E-state index contributed by atoms with van der Waals surface area (Å²) in [5.74, 6) is 0.819. The summed E-state index contributed by atoms with van der Waals surface area (Å²) in [5.41, 5.74) is 0.568. The number of amides is 1. The minimum atomic E-state index is -3.52. The molecule has 6 nitrogen and oxygen atoms in total. The van der Waals surface area contributed by atoms with Crippen molar-refractivity contribution >= 4 is 21.8 Å². The molecule has 0 bridgehead atoms. The van der Waals surface area contributed by atoms with Crippen molar-refractivity contribution in [2.24, 2.45) is 10.9 Å². The van der Waals surface area contributed by atoms with E-state index >= 15 is 0 Å². The molecule has 0 saturated heterocycles. The fourth-order valence-corrected chi connectivity index (χ4v) is 4.58. The first kappa shape index (κ1) is 17.0. The van der Waals surface area contributed by atoms with Gasteiger partial charge in [-0.25, -0.2) is 8.42 Å². The number of nitrogens with one attached hydrogen (secondary N) is 2. The summed E-state index contributed by atoms with van der Waals surface area (Å²) in [5, 5.41) is 3.08. The number of benzene rings is 1. The molecule has 1 saturated carbocycles. The van der Waals surface area contributed by atoms with Crippen LogP contribution in [0.2, 0.25) is 0 Å². The summed E-state index contributed by atoms with van der Waals surface area (Å²) < 4.78 is 26.4. The summed E-state index contributed by atoms with van der Waals surface area (Å²) in [6.07, 6.45) is 4.86. The predicted octanol–water partition coefficient (Wildman–Crippen LogP) is 1.81. The number of hydrogen-bond donors (Lipinski definition) is 2. The van der Waals surface area contributed by atoms with Crippen molar-refractivity contribution < 1.29 is 13.2 Å².